The topological polar surface area (TPSA) is 0 Å². The molecule has 7 rings (SSSR count). The van der Waals surface area contributed by atoms with Gasteiger partial charge in [0.15, 0.2) is 0 Å². The number of benzene rings is 3. The Hall–Kier alpha value is -3.44. The molecule has 0 unspecified atom stereocenters. The van der Waals surface area contributed by atoms with E-state index in [9.17, 15) is 0 Å². The number of hydrogen-bond donors (Lipinski definition) is 0. The van der Waals surface area contributed by atoms with E-state index in [1.165, 1.54) is 28.2 Å². The van der Waals surface area contributed by atoms with Gasteiger partial charge in [-0.3, -0.25) is 0 Å². The van der Waals surface area contributed by atoms with Crippen LogP contribution in [0.15, 0.2) is 84.9 Å². The fourth-order valence-electron chi connectivity index (χ4n) is 7.08. The zero-order valence-electron chi connectivity index (χ0n) is 29.7. The summed E-state index contributed by atoms with van der Waals surface area (Å²) in [6, 6.07) is 26.3. The monoisotopic (exact) mass is 780 g/mol. The number of hydrogen-bond acceptors (Lipinski definition) is 3. The molecule has 0 aliphatic heterocycles. The molecule has 0 spiro atoms. The van der Waals surface area contributed by atoms with Gasteiger partial charge in [0.1, 0.15) is 0 Å². The summed E-state index contributed by atoms with van der Waals surface area (Å²) >= 11 is 3.51. The molecule has 270 valence electrons. The van der Waals surface area contributed by atoms with E-state index >= 15 is 26.3 Å². The second kappa shape index (κ2) is 13.1. The van der Waals surface area contributed by atoms with Crippen molar-refractivity contribution in [2.45, 2.75) is 77.4 Å². The van der Waals surface area contributed by atoms with Crippen molar-refractivity contribution in [2.24, 2.45) is 0 Å². The molecular weight excluding hydrogens is 743 g/mol. The molecule has 52 heavy (non-hydrogen) atoms. The first-order valence-electron chi connectivity index (χ1n) is 17.3. The largest absolute Gasteiger partial charge is 0.380 e. The Kier molecular flexibility index (Phi) is 9.33. The fourth-order valence-corrected chi connectivity index (χ4v) is 12.1. The highest BCUT2D eigenvalue weighted by molar-refractivity contribution is 7.31. The van der Waals surface area contributed by atoms with Crippen LogP contribution in [0.1, 0.15) is 46.9 Å². The molecule has 0 fully saturated rings. The lowest BCUT2D eigenvalue weighted by molar-refractivity contribution is -0.254. The minimum absolute atomic E-state index is 0.236. The number of thiophene rings is 3. The van der Waals surface area contributed by atoms with E-state index in [1.54, 1.807) is 50.2 Å². The standard InChI is InChI=1S/C42H38F6S3Si/c1-7-8-12-26-15-17-27(18-16-26)31-23-32-39(50-31)34(38(51-32)29-19-21-30(22-20-29)52(4,5)6)36-35(40(43,44)42(47,48)41(36,45)46)33-24(2)37(49-25(33)3)28-13-10-9-11-14-28/h9-11,13-23H,7-8,12H2,1-6H3. The third kappa shape index (κ3) is 5.85. The average Bonchev–Trinajstić information content (AvgIpc) is 3.78. The summed E-state index contributed by atoms with van der Waals surface area (Å²) in [7, 11) is -1.75. The van der Waals surface area contributed by atoms with Crippen LogP contribution in [0.2, 0.25) is 19.6 Å². The summed E-state index contributed by atoms with van der Waals surface area (Å²) in [5.74, 6) is -16.0. The van der Waals surface area contributed by atoms with Crippen LogP contribution in [-0.4, -0.2) is 25.8 Å². The van der Waals surface area contributed by atoms with Gasteiger partial charge in [0.2, 0.25) is 0 Å². The van der Waals surface area contributed by atoms with Crippen LogP contribution >= 0.6 is 34.0 Å². The average molecular weight is 781 g/mol. The summed E-state index contributed by atoms with van der Waals surface area (Å²) in [4.78, 5) is 1.88. The van der Waals surface area contributed by atoms with E-state index < -0.39 is 37.0 Å². The third-order valence-electron chi connectivity index (χ3n) is 9.96. The zero-order chi connectivity index (χ0) is 37.4. The van der Waals surface area contributed by atoms with Crippen molar-refractivity contribution in [1.82, 2.24) is 0 Å². The second-order valence-electron chi connectivity index (χ2n) is 14.6. The van der Waals surface area contributed by atoms with Crippen molar-refractivity contribution in [3.05, 3.63) is 112 Å². The lowest BCUT2D eigenvalue weighted by atomic mass is 9.91. The second-order valence-corrected chi connectivity index (χ2v) is 23.0. The van der Waals surface area contributed by atoms with Gasteiger partial charge in [-0.2, -0.15) is 26.3 Å². The maximum Gasteiger partial charge on any atom is 0.380 e. The van der Waals surface area contributed by atoms with Crippen molar-refractivity contribution < 1.29 is 26.3 Å². The van der Waals surface area contributed by atoms with Gasteiger partial charge in [-0.15, -0.1) is 34.0 Å². The van der Waals surface area contributed by atoms with Crippen LogP contribution in [0.25, 0.3) is 51.9 Å². The lowest BCUT2D eigenvalue weighted by Crippen LogP contribution is -2.49. The van der Waals surface area contributed by atoms with Crippen LogP contribution in [0, 0.1) is 13.8 Å². The summed E-state index contributed by atoms with van der Waals surface area (Å²) in [5, 5.41) is 1.13. The van der Waals surface area contributed by atoms with Crippen LogP contribution in [0.4, 0.5) is 26.3 Å². The van der Waals surface area contributed by atoms with E-state index in [2.05, 4.69) is 26.6 Å². The molecule has 3 aromatic heterocycles. The van der Waals surface area contributed by atoms with Crippen molar-refractivity contribution in [1.29, 1.82) is 0 Å². The van der Waals surface area contributed by atoms with Gasteiger partial charge in [0, 0.05) is 46.5 Å². The van der Waals surface area contributed by atoms with Crippen molar-refractivity contribution in [2.75, 3.05) is 0 Å². The number of fused-ring (bicyclic) bond motifs is 1. The first-order valence-corrected chi connectivity index (χ1v) is 23.2. The van der Waals surface area contributed by atoms with Crippen molar-refractivity contribution in [3.8, 4) is 31.3 Å². The normalized spacial score (nSPS) is 16.7. The molecule has 6 aromatic rings. The third-order valence-corrected chi connectivity index (χ3v) is 15.8. The minimum Gasteiger partial charge on any atom is -0.194 e. The molecule has 0 saturated heterocycles. The molecule has 3 aromatic carbocycles. The van der Waals surface area contributed by atoms with E-state index in [0.29, 0.717) is 25.4 Å². The number of alkyl halides is 6. The first kappa shape index (κ1) is 36.9. The highest BCUT2D eigenvalue weighted by Gasteiger charge is 2.80. The van der Waals surface area contributed by atoms with Gasteiger partial charge in [-0.05, 0) is 60.6 Å². The molecule has 0 saturated carbocycles. The lowest BCUT2D eigenvalue weighted by Gasteiger charge is -2.26. The molecule has 0 bridgehead atoms. The predicted molar refractivity (Wildman–Crippen MR) is 213 cm³/mol. The molecular formula is C42H38F6S3Si. The summed E-state index contributed by atoms with van der Waals surface area (Å²) in [6.45, 7) is 11.8. The summed E-state index contributed by atoms with van der Waals surface area (Å²) in [6.07, 6.45) is 3.05. The van der Waals surface area contributed by atoms with E-state index in [0.717, 1.165) is 46.2 Å². The van der Waals surface area contributed by atoms with Crippen LogP contribution in [0.5, 0.6) is 0 Å². The molecule has 3 heterocycles. The smallest absolute Gasteiger partial charge is 0.194 e. The van der Waals surface area contributed by atoms with Crippen LogP contribution in [-0.2, 0) is 6.42 Å². The Morgan fingerprint density at radius 2 is 1.21 bits per heavy atom. The predicted octanol–water partition coefficient (Wildman–Crippen LogP) is 14.4. The van der Waals surface area contributed by atoms with E-state index in [-0.39, 0.29) is 26.4 Å². The SMILES string of the molecule is CCCCc1ccc(-c2cc3sc(-c4ccc([Si](C)(C)C)cc4)c(C4=C(c5c(C)sc(-c6ccccc6)c5C)C(F)(F)C(F)(F)C4(F)F)c3s2)cc1. The quantitative estimate of drug-likeness (QED) is 0.101. The number of allylic oxidation sites excluding steroid dienone is 2. The molecule has 1 aliphatic rings. The first-order chi connectivity index (χ1) is 24.5. The van der Waals surface area contributed by atoms with Crippen molar-refractivity contribution >= 4 is 67.8 Å². The number of unbranched alkanes of at least 4 members (excludes halogenated alkanes) is 1. The Labute approximate surface area is 313 Å². The van der Waals surface area contributed by atoms with Gasteiger partial charge in [-0.25, -0.2) is 0 Å². The van der Waals surface area contributed by atoms with E-state index in [4.69, 9.17) is 0 Å². The maximum atomic E-state index is 16.6. The molecule has 1 aliphatic carbocycles. The Bertz CT molecular complexity index is 2300. The zero-order valence-corrected chi connectivity index (χ0v) is 33.1. The molecule has 0 atom stereocenters. The molecule has 0 radical (unpaired) electrons. The van der Waals surface area contributed by atoms with Crippen LogP contribution < -0.4 is 5.19 Å². The van der Waals surface area contributed by atoms with Gasteiger partial charge in [0.05, 0.1) is 12.8 Å². The highest BCUT2D eigenvalue weighted by atomic mass is 32.1. The minimum atomic E-state index is -5.67. The van der Waals surface area contributed by atoms with Gasteiger partial charge >= 0.3 is 17.8 Å². The Morgan fingerprint density at radius 1 is 0.635 bits per heavy atom. The van der Waals surface area contributed by atoms with Gasteiger partial charge in [-0.1, -0.05) is 117 Å². The molecule has 0 amide bonds. The highest BCUT2D eigenvalue weighted by Crippen LogP contribution is 2.68. The molecule has 0 N–H and O–H groups in total. The van der Waals surface area contributed by atoms with Crippen molar-refractivity contribution in [3.63, 3.8) is 0 Å². The number of aryl methyl sites for hydroxylation is 2. The number of rotatable bonds is 9. The molecule has 0 nitrogen and oxygen atoms in total. The van der Waals surface area contributed by atoms with E-state index in [1.807, 2.05) is 48.5 Å². The Morgan fingerprint density at radius 3 is 1.81 bits per heavy atom. The maximum absolute atomic E-state index is 16.6. The summed E-state index contributed by atoms with van der Waals surface area (Å²) < 4.78 is 98.7. The van der Waals surface area contributed by atoms with Crippen LogP contribution in [0.3, 0.4) is 0 Å². The van der Waals surface area contributed by atoms with Gasteiger partial charge < -0.3 is 0 Å². The molecule has 10 heteroatoms. The summed E-state index contributed by atoms with van der Waals surface area (Å²) in [5.41, 5.74) is 0.478. The number of halogens is 6. The van der Waals surface area contributed by atoms with Gasteiger partial charge in [0.25, 0.3) is 0 Å². The Balaban J connectivity index is 1.53. The fraction of sp³-hybridized carbons (Fsp3) is 0.286.